The largest absolute Gasteiger partial charge is 0.352 e. The van der Waals surface area contributed by atoms with Crippen LogP contribution in [-0.4, -0.2) is 27.1 Å². The van der Waals surface area contributed by atoms with Gasteiger partial charge in [0.1, 0.15) is 5.82 Å². The fourth-order valence-electron chi connectivity index (χ4n) is 2.30. The molecule has 25 heavy (non-hydrogen) atoms. The summed E-state index contributed by atoms with van der Waals surface area (Å²) in [6.07, 6.45) is 1.88. The molecule has 0 saturated carbocycles. The van der Waals surface area contributed by atoms with Crippen LogP contribution in [0.1, 0.15) is 29.3 Å². The maximum absolute atomic E-state index is 14.0. The third kappa shape index (κ3) is 5.03. The van der Waals surface area contributed by atoms with Crippen molar-refractivity contribution in [3.8, 4) is 0 Å². The molecule has 0 aliphatic rings. The van der Waals surface area contributed by atoms with Crippen molar-refractivity contribution in [2.75, 3.05) is 17.1 Å². The zero-order valence-corrected chi connectivity index (χ0v) is 15.0. The van der Waals surface area contributed by atoms with Crippen molar-refractivity contribution >= 4 is 21.6 Å². The number of rotatable bonds is 7. The molecule has 134 valence electrons. The average molecular weight is 364 g/mol. The Labute approximate surface area is 147 Å². The molecule has 0 unspecified atom stereocenters. The lowest BCUT2D eigenvalue weighted by Crippen LogP contribution is -2.30. The van der Waals surface area contributed by atoms with Crippen LogP contribution in [0.5, 0.6) is 0 Å². The van der Waals surface area contributed by atoms with E-state index in [0.29, 0.717) is 17.7 Å². The first kappa shape index (κ1) is 18.9. The number of benzene rings is 2. The van der Waals surface area contributed by atoms with Crippen LogP contribution in [0.3, 0.4) is 0 Å². The second-order valence-electron chi connectivity index (χ2n) is 5.67. The lowest BCUT2D eigenvalue weighted by molar-refractivity contribution is 0.0953. The lowest BCUT2D eigenvalue weighted by atomic mass is 10.1. The quantitative estimate of drug-likeness (QED) is 0.821. The molecule has 1 N–H and O–H groups in total. The van der Waals surface area contributed by atoms with Gasteiger partial charge in [0.05, 0.1) is 18.5 Å². The molecule has 0 bridgehead atoms. The van der Waals surface area contributed by atoms with Gasteiger partial charge in [0, 0.05) is 12.1 Å². The number of hydrogen-bond donors (Lipinski definition) is 1. The zero-order valence-electron chi connectivity index (χ0n) is 14.2. The third-order valence-corrected chi connectivity index (χ3v) is 4.73. The van der Waals surface area contributed by atoms with E-state index in [2.05, 4.69) is 5.32 Å². The molecule has 0 atom stereocenters. The minimum Gasteiger partial charge on any atom is -0.352 e. The standard InChI is InChI=1S/C18H21FN2O3S/c1-3-12-20-18(22)15-10-8-14(9-11-15)13-21(25(2,23)24)17-7-5-4-6-16(17)19/h4-11H,3,12-13H2,1-2H3,(H,20,22). The first-order chi connectivity index (χ1) is 11.8. The SMILES string of the molecule is CCCNC(=O)c1ccc(CN(c2ccccc2F)S(C)(=O)=O)cc1. The molecule has 0 aliphatic carbocycles. The van der Waals surface area contributed by atoms with Crippen molar-refractivity contribution in [1.29, 1.82) is 0 Å². The minimum absolute atomic E-state index is 0.00485. The first-order valence-electron chi connectivity index (χ1n) is 7.92. The van der Waals surface area contributed by atoms with Crippen LogP contribution in [0.25, 0.3) is 0 Å². The molecule has 0 aromatic heterocycles. The lowest BCUT2D eigenvalue weighted by Gasteiger charge is -2.23. The summed E-state index contributed by atoms with van der Waals surface area (Å²) < 4.78 is 39.2. The van der Waals surface area contributed by atoms with Crippen molar-refractivity contribution in [2.24, 2.45) is 0 Å². The summed E-state index contributed by atoms with van der Waals surface area (Å²) in [4.78, 5) is 11.9. The van der Waals surface area contributed by atoms with E-state index in [-0.39, 0.29) is 18.1 Å². The molecule has 0 saturated heterocycles. The zero-order chi connectivity index (χ0) is 18.4. The number of nitrogens with one attached hydrogen (secondary N) is 1. The molecule has 0 heterocycles. The van der Waals surface area contributed by atoms with Crippen LogP contribution in [0.2, 0.25) is 0 Å². The van der Waals surface area contributed by atoms with E-state index >= 15 is 0 Å². The van der Waals surface area contributed by atoms with Gasteiger partial charge in [-0.05, 0) is 36.2 Å². The smallest absolute Gasteiger partial charge is 0.251 e. The van der Waals surface area contributed by atoms with Crippen LogP contribution < -0.4 is 9.62 Å². The van der Waals surface area contributed by atoms with Crippen molar-refractivity contribution in [2.45, 2.75) is 19.9 Å². The second-order valence-corrected chi connectivity index (χ2v) is 7.58. The number of nitrogens with zero attached hydrogens (tertiary/aromatic N) is 1. The van der Waals surface area contributed by atoms with Gasteiger partial charge in [0.25, 0.3) is 5.91 Å². The van der Waals surface area contributed by atoms with Gasteiger partial charge in [-0.15, -0.1) is 0 Å². The van der Waals surface area contributed by atoms with Crippen molar-refractivity contribution in [3.05, 3.63) is 65.5 Å². The first-order valence-corrected chi connectivity index (χ1v) is 9.77. The fourth-order valence-corrected chi connectivity index (χ4v) is 3.19. The topological polar surface area (TPSA) is 66.5 Å². The van der Waals surface area contributed by atoms with E-state index in [0.717, 1.165) is 17.0 Å². The highest BCUT2D eigenvalue weighted by atomic mass is 32.2. The normalized spacial score (nSPS) is 11.2. The molecule has 0 radical (unpaired) electrons. The molecule has 0 aliphatic heterocycles. The number of para-hydroxylation sites is 1. The molecule has 0 spiro atoms. The van der Waals surface area contributed by atoms with Crippen LogP contribution >= 0.6 is 0 Å². The summed E-state index contributed by atoms with van der Waals surface area (Å²) in [6, 6.07) is 12.3. The highest BCUT2D eigenvalue weighted by Gasteiger charge is 2.21. The Morgan fingerprint density at radius 2 is 1.76 bits per heavy atom. The second kappa shape index (κ2) is 8.11. The summed E-state index contributed by atoms with van der Waals surface area (Å²) in [6.45, 7) is 2.54. The highest BCUT2D eigenvalue weighted by molar-refractivity contribution is 7.92. The average Bonchev–Trinajstić information content (AvgIpc) is 2.58. The fraction of sp³-hybridized carbons (Fsp3) is 0.278. The maximum atomic E-state index is 14.0. The summed E-state index contributed by atoms with van der Waals surface area (Å²) in [5, 5.41) is 2.77. The predicted octanol–water partition coefficient (Wildman–Crippen LogP) is 2.93. The third-order valence-electron chi connectivity index (χ3n) is 3.60. The maximum Gasteiger partial charge on any atom is 0.251 e. The molecule has 1 amide bonds. The van der Waals surface area contributed by atoms with Crippen LogP contribution in [0.4, 0.5) is 10.1 Å². The van der Waals surface area contributed by atoms with E-state index in [4.69, 9.17) is 0 Å². The van der Waals surface area contributed by atoms with Gasteiger partial charge in [-0.1, -0.05) is 31.2 Å². The van der Waals surface area contributed by atoms with Gasteiger partial charge in [-0.2, -0.15) is 0 Å². The molecular weight excluding hydrogens is 343 g/mol. The number of amides is 1. The van der Waals surface area contributed by atoms with E-state index in [9.17, 15) is 17.6 Å². The molecule has 2 aromatic carbocycles. The predicted molar refractivity (Wildman–Crippen MR) is 96.5 cm³/mol. The van der Waals surface area contributed by atoms with E-state index < -0.39 is 15.8 Å². The summed E-state index contributed by atoms with van der Waals surface area (Å²) in [7, 11) is -3.66. The van der Waals surface area contributed by atoms with Crippen LogP contribution in [0, 0.1) is 5.82 Å². The molecule has 2 rings (SSSR count). The molecule has 7 heteroatoms. The number of sulfonamides is 1. The summed E-state index contributed by atoms with van der Waals surface area (Å²) in [5.41, 5.74) is 1.14. The molecular formula is C18H21FN2O3S. The van der Waals surface area contributed by atoms with Crippen LogP contribution in [-0.2, 0) is 16.6 Å². The number of hydrogen-bond acceptors (Lipinski definition) is 3. The Morgan fingerprint density at radius 3 is 2.32 bits per heavy atom. The van der Waals surface area contributed by atoms with E-state index in [1.807, 2.05) is 6.92 Å². The molecule has 2 aromatic rings. The van der Waals surface area contributed by atoms with Crippen molar-refractivity contribution < 1.29 is 17.6 Å². The molecule has 0 fully saturated rings. The van der Waals surface area contributed by atoms with Gasteiger partial charge in [-0.3, -0.25) is 9.10 Å². The van der Waals surface area contributed by atoms with E-state index in [1.165, 1.54) is 18.2 Å². The van der Waals surface area contributed by atoms with Gasteiger partial charge >= 0.3 is 0 Å². The minimum atomic E-state index is -3.66. The monoisotopic (exact) mass is 364 g/mol. The van der Waals surface area contributed by atoms with Gasteiger partial charge < -0.3 is 5.32 Å². The Kier molecular flexibility index (Phi) is 6.14. The van der Waals surface area contributed by atoms with Gasteiger partial charge in [-0.25, -0.2) is 12.8 Å². The number of halogens is 1. The van der Waals surface area contributed by atoms with E-state index in [1.54, 1.807) is 30.3 Å². The Bertz CT molecular complexity index is 836. The molecule has 5 nitrogen and oxygen atoms in total. The van der Waals surface area contributed by atoms with Gasteiger partial charge in [0.2, 0.25) is 10.0 Å². The Morgan fingerprint density at radius 1 is 1.12 bits per heavy atom. The summed E-state index contributed by atoms with van der Waals surface area (Å²) >= 11 is 0. The van der Waals surface area contributed by atoms with Crippen molar-refractivity contribution in [1.82, 2.24) is 5.32 Å². The number of anilines is 1. The van der Waals surface area contributed by atoms with Crippen molar-refractivity contribution in [3.63, 3.8) is 0 Å². The Hall–Kier alpha value is -2.41. The number of carbonyl (C=O) groups is 1. The number of carbonyl (C=O) groups excluding carboxylic acids is 1. The van der Waals surface area contributed by atoms with Gasteiger partial charge in [0.15, 0.2) is 0 Å². The summed E-state index contributed by atoms with van der Waals surface area (Å²) in [5.74, 6) is -0.786. The van der Waals surface area contributed by atoms with Crippen LogP contribution in [0.15, 0.2) is 48.5 Å². The Balaban J connectivity index is 2.23. The highest BCUT2D eigenvalue weighted by Crippen LogP contribution is 2.23.